The van der Waals surface area contributed by atoms with Gasteiger partial charge in [-0.2, -0.15) is 0 Å². The van der Waals surface area contributed by atoms with Crippen molar-refractivity contribution in [2.24, 2.45) is 165 Å². The average molecular weight is 2130 g/mol. The van der Waals surface area contributed by atoms with Crippen LogP contribution in [0.25, 0.3) is 0 Å². The molecule has 0 radical (unpaired) electrons. The summed E-state index contributed by atoms with van der Waals surface area (Å²) in [7, 11) is 0. The third kappa shape index (κ3) is 49.2. The lowest BCUT2D eigenvalue weighted by molar-refractivity contribution is -0.159. The molecule has 0 aliphatic carbocycles. The van der Waals surface area contributed by atoms with E-state index in [9.17, 15) is 107 Å². The van der Waals surface area contributed by atoms with Crippen molar-refractivity contribution < 1.29 is 116 Å². The number of amides is 8. The van der Waals surface area contributed by atoms with E-state index in [1.807, 2.05) is 125 Å². The Labute approximate surface area is 895 Å². The number of aliphatic hydroxyl groups is 4. The second-order valence-electron chi connectivity index (χ2n) is 45.7. The zero-order chi connectivity index (χ0) is 115. The predicted octanol–water partition coefficient (Wildman–Crippen LogP) is 7.67. The number of aliphatic hydroxyl groups excluding tert-OH is 4. The zero-order valence-electron chi connectivity index (χ0n) is 95.5. The van der Waals surface area contributed by atoms with Crippen molar-refractivity contribution in [3.05, 3.63) is 0 Å². The lowest BCUT2D eigenvalue weighted by Gasteiger charge is -2.33. The monoisotopic (exact) mass is 2130 g/mol. The summed E-state index contributed by atoms with van der Waals surface area (Å²) in [5.74, 6) is -22.3. The average Bonchev–Trinajstić information content (AvgIpc) is 0.926. The molecule has 2 aliphatic rings. The van der Waals surface area contributed by atoms with Gasteiger partial charge in [0.2, 0.25) is 47.3 Å². The van der Waals surface area contributed by atoms with Crippen molar-refractivity contribution in [1.29, 1.82) is 0 Å². The number of carbonyl (C=O) groups is 18. The van der Waals surface area contributed by atoms with Crippen LogP contribution in [0.5, 0.6) is 0 Å². The molecule has 0 bridgehead atoms. The number of rotatable bonds is 36. The fourth-order valence-electron chi connectivity index (χ4n) is 19.9. The second-order valence-corrected chi connectivity index (χ2v) is 45.7. The molecule has 2 saturated heterocycles. The molecule has 24 N–H and O–H groups in total. The van der Waals surface area contributed by atoms with Crippen molar-refractivity contribution in [3.8, 4) is 0 Å². The molecule has 150 heavy (non-hydrogen) atoms. The van der Waals surface area contributed by atoms with Gasteiger partial charge < -0.3 is 107 Å². The fraction of sp³-hybridized carbons (Fsp3) is 0.839. The Kier molecular flexibility index (Phi) is 68.1. The minimum Gasteiger partial charge on any atom is -0.460 e. The highest BCUT2D eigenvalue weighted by atomic mass is 16.6. The Morgan fingerprint density at radius 3 is 0.733 bits per heavy atom. The van der Waals surface area contributed by atoms with Crippen LogP contribution < -0.4 is 76.9 Å². The van der Waals surface area contributed by atoms with Crippen LogP contribution in [0.1, 0.15) is 346 Å². The third-order valence-electron chi connectivity index (χ3n) is 30.5. The minimum atomic E-state index is -1.56. The lowest BCUT2D eigenvalue weighted by atomic mass is 9.81. The maximum absolute atomic E-state index is 14.5. The maximum Gasteiger partial charge on any atom is 0.331 e. The van der Waals surface area contributed by atoms with Crippen molar-refractivity contribution in [3.63, 3.8) is 0 Å². The van der Waals surface area contributed by atoms with Gasteiger partial charge in [-0.15, -0.1) is 0 Å². The van der Waals surface area contributed by atoms with Crippen LogP contribution in [-0.2, 0) is 95.8 Å². The summed E-state index contributed by atoms with van der Waals surface area (Å²) >= 11 is 0. The van der Waals surface area contributed by atoms with E-state index in [0.717, 1.165) is 0 Å². The van der Waals surface area contributed by atoms with Gasteiger partial charge in [0, 0.05) is 123 Å². The molecule has 38 heteroatoms. The minimum absolute atomic E-state index is 0.0307. The van der Waals surface area contributed by atoms with Crippen LogP contribution in [0, 0.1) is 130 Å². The Balaban J connectivity index is 0.00000150. The summed E-state index contributed by atoms with van der Waals surface area (Å²) in [5, 5.41) is 67.3. The molecule has 2 aliphatic heterocycles. The summed E-state index contributed by atoms with van der Waals surface area (Å²) in [6.07, 6.45) is -2.83. The Bertz CT molecular complexity index is 3910. The number of esters is 2. The van der Waals surface area contributed by atoms with Gasteiger partial charge in [0.05, 0.1) is 61.7 Å². The van der Waals surface area contributed by atoms with Crippen LogP contribution >= 0.6 is 0 Å². The normalized spacial score (nSPS) is 29.2. The van der Waals surface area contributed by atoms with Crippen molar-refractivity contribution in [2.75, 3.05) is 52.5 Å². The van der Waals surface area contributed by atoms with Gasteiger partial charge in [0.25, 0.3) is 0 Å². The SMILES string of the molecule is CCC(C)C1CC(=O)CC(CCN)C(=O)N[C@@H]([C@H](C)CC)[C@H](O)CC(CCN)C(=O)NC(C(C)CC)C(=O)CC(CC(C)C)C(=O)CC(CCN)C(=O)NC(C(C)C)C(=O)CC(CC(C)C)C(=O)NC(CO)C(=O)O1.CCC(C)C1CC(=O)CC(CCN)C(=O)N[C@@H]([C@H](C)CC)[C@H](O)CC(CCN)C(=O)NC(C(C)CC)C(=O)CC(CC(C)C)C(=O)CC(CCN)C(=O)NC(C(C)C)C(=O)CC(CC(C)C)C(=O)NC(CO)C(=O)O1. The molecule has 2 rings (SSSR count). The van der Waals surface area contributed by atoms with Gasteiger partial charge in [0.1, 0.15) is 35.3 Å². The Morgan fingerprint density at radius 2 is 0.480 bits per heavy atom. The van der Waals surface area contributed by atoms with Gasteiger partial charge in [-0.05, 0) is 187 Å². The summed E-state index contributed by atoms with van der Waals surface area (Å²) < 4.78 is 11.7. The lowest BCUT2D eigenvalue weighted by Crippen LogP contribution is -2.52. The number of ketones is 8. The summed E-state index contributed by atoms with van der Waals surface area (Å²) in [4.78, 5) is 255. The molecule has 22 unspecified atom stereocenters. The maximum atomic E-state index is 14.5. The van der Waals surface area contributed by atoms with E-state index in [1.165, 1.54) is 0 Å². The van der Waals surface area contributed by atoms with Crippen molar-refractivity contribution in [1.82, 2.24) is 42.5 Å². The number of hydrogen-bond acceptors (Lipinski definition) is 30. The largest absolute Gasteiger partial charge is 0.460 e. The van der Waals surface area contributed by atoms with Crippen molar-refractivity contribution >= 4 is 105 Å². The number of nitrogens with one attached hydrogen (secondary N) is 8. The van der Waals surface area contributed by atoms with Gasteiger partial charge in [0.15, 0.2) is 35.2 Å². The number of Topliss-reactive ketones (excluding diaryl/α,β-unsaturated/α-hetero) is 8. The second kappa shape index (κ2) is 73.2. The Morgan fingerprint density at radius 1 is 0.260 bits per heavy atom. The molecule has 2 fully saturated rings. The quantitative estimate of drug-likeness (QED) is 0.0267. The summed E-state index contributed by atoms with van der Waals surface area (Å²) in [6, 6.07) is -9.04. The highest BCUT2D eigenvalue weighted by Gasteiger charge is 2.45. The molecule has 864 valence electrons. The zero-order valence-corrected chi connectivity index (χ0v) is 95.5. The topological polar surface area (TPSA) is 659 Å². The van der Waals surface area contributed by atoms with Gasteiger partial charge in [-0.3, -0.25) is 76.7 Å². The van der Waals surface area contributed by atoms with E-state index in [4.69, 9.17) is 43.9 Å². The van der Waals surface area contributed by atoms with Gasteiger partial charge in [-0.25, -0.2) is 9.59 Å². The first-order chi connectivity index (χ1) is 70.4. The van der Waals surface area contributed by atoms with E-state index in [2.05, 4.69) is 42.5 Å². The number of cyclic esters (lactones) is 2. The van der Waals surface area contributed by atoms with Gasteiger partial charge >= 0.3 is 11.9 Å². The Hall–Kier alpha value is -8.34. The van der Waals surface area contributed by atoms with Crippen LogP contribution in [0.4, 0.5) is 0 Å². The molecular weight excluding hydrogens is 1930 g/mol. The molecule has 0 aromatic heterocycles. The number of carbonyl (C=O) groups excluding carboxylic acids is 18. The predicted molar refractivity (Wildman–Crippen MR) is 578 cm³/mol. The third-order valence-corrected chi connectivity index (χ3v) is 30.5. The highest BCUT2D eigenvalue weighted by molar-refractivity contribution is 6.00. The standard InChI is InChI=1S/2C56H101N7O12/c2*1-13-34(10)48-29-42(65)24-37(16-19-57)52(70)62-50(35(11)14-2)46(68)26-39(18-21-59)54(72)63-51(36(12)15-3)47(69)27-40(22-31(4)5)44(66)25-38(17-20-58)53(71)61-49(33(8)9)45(67)28-41(23-32(6)7)55(73)60-43(30-64)56(74)75-48/h2*31-41,43,46,48-51,64,68H,13-30,57-59H2,1-12H3,(H,60,73)(H,61,71)(H,62,70)(H,63,72)/t2*34?,35-,36?,37?,38?,39?,40?,41?,43?,46-,48?,49?,50+,51?/m11/s1. The van der Waals surface area contributed by atoms with Crippen LogP contribution in [0.3, 0.4) is 0 Å². The van der Waals surface area contributed by atoms with Crippen molar-refractivity contribution in [2.45, 2.75) is 419 Å². The number of ether oxygens (including phenoxy) is 2. The molecule has 0 aromatic carbocycles. The summed E-state index contributed by atoms with van der Waals surface area (Å²) in [6.45, 7) is 42.8. The fourth-order valence-corrected chi connectivity index (χ4v) is 19.9. The molecule has 0 spiro atoms. The first-order valence-corrected chi connectivity index (χ1v) is 56.3. The molecule has 28 atom stereocenters. The molecule has 38 nitrogen and oxygen atoms in total. The smallest absolute Gasteiger partial charge is 0.331 e. The van der Waals surface area contributed by atoms with E-state index < -0.39 is 239 Å². The first-order valence-electron chi connectivity index (χ1n) is 56.3. The van der Waals surface area contributed by atoms with Crippen LogP contribution in [-0.4, -0.2) is 251 Å². The molecule has 2 heterocycles. The molecular formula is C112H202N14O24. The summed E-state index contributed by atoms with van der Waals surface area (Å²) in [5.41, 5.74) is 36.0. The molecule has 0 aromatic rings. The first kappa shape index (κ1) is 140. The van der Waals surface area contributed by atoms with E-state index in [1.54, 1.807) is 41.5 Å². The van der Waals surface area contributed by atoms with E-state index in [0.29, 0.717) is 51.4 Å². The highest BCUT2D eigenvalue weighted by Crippen LogP contribution is 2.34. The van der Waals surface area contributed by atoms with Crippen LogP contribution in [0.15, 0.2) is 0 Å². The number of nitrogens with two attached hydrogens (primary N) is 6. The van der Waals surface area contributed by atoms with E-state index in [-0.39, 0.29) is 250 Å². The molecule has 0 saturated carbocycles. The molecule has 8 amide bonds. The number of hydrogen-bond donors (Lipinski definition) is 18. The van der Waals surface area contributed by atoms with Gasteiger partial charge in [-0.1, -0.05) is 205 Å². The van der Waals surface area contributed by atoms with E-state index >= 15 is 0 Å². The van der Waals surface area contributed by atoms with Crippen LogP contribution in [0.2, 0.25) is 0 Å².